The SMILES string of the molecule is C=C(CC)N1CCC(n2cc(-c3cnc4c(c3)C=CCC4)c3c(N)ncnc32)C1. The van der Waals surface area contributed by atoms with Gasteiger partial charge in [0.15, 0.2) is 0 Å². The van der Waals surface area contributed by atoms with E-state index >= 15 is 0 Å². The molecule has 1 unspecified atom stereocenters. The zero-order valence-electron chi connectivity index (χ0n) is 16.8. The highest BCUT2D eigenvalue weighted by Crippen LogP contribution is 2.37. The Bertz CT molecular complexity index is 1130. The molecule has 6 heteroatoms. The third kappa shape index (κ3) is 2.99. The highest BCUT2D eigenvalue weighted by Gasteiger charge is 2.27. The maximum Gasteiger partial charge on any atom is 0.146 e. The molecule has 1 aliphatic carbocycles. The molecule has 3 aromatic heterocycles. The number of nitrogen functional groups attached to an aromatic ring is 1. The highest BCUT2D eigenvalue weighted by atomic mass is 15.2. The van der Waals surface area contributed by atoms with Crippen LogP contribution in [0, 0.1) is 0 Å². The highest BCUT2D eigenvalue weighted by molar-refractivity contribution is 6.00. The fourth-order valence-electron chi connectivity index (χ4n) is 4.53. The first kappa shape index (κ1) is 17.9. The molecule has 148 valence electrons. The number of rotatable bonds is 4. The maximum absolute atomic E-state index is 6.32. The van der Waals surface area contributed by atoms with E-state index in [2.05, 4.69) is 57.4 Å². The molecule has 0 radical (unpaired) electrons. The van der Waals surface area contributed by atoms with Gasteiger partial charge in [0.1, 0.15) is 17.8 Å². The van der Waals surface area contributed by atoms with Gasteiger partial charge in [-0.2, -0.15) is 0 Å². The Morgan fingerprint density at radius 2 is 2.21 bits per heavy atom. The average Bonchev–Trinajstić information content (AvgIpc) is 3.38. The van der Waals surface area contributed by atoms with Gasteiger partial charge >= 0.3 is 0 Å². The minimum atomic E-state index is 0.342. The number of aryl methyl sites for hydroxylation is 1. The lowest BCUT2D eigenvalue weighted by atomic mass is 9.99. The zero-order valence-corrected chi connectivity index (χ0v) is 16.8. The number of anilines is 1. The molecule has 6 nitrogen and oxygen atoms in total. The van der Waals surface area contributed by atoms with Crippen LogP contribution in [0.15, 0.2) is 43.1 Å². The Kier molecular flexibility index (Phi) is 4.34. The van der Waals surface area contributed by atoms with E-state index in [-0.39, 0.29) is 0 Å². The summed E-state index contributed by atoms with van der Waals surface area (Å²) in [5.41, 5.74) is 12.9. The summed E-state index contributed by atoms with van der Waals surface area (Å²) >= 11 is 0. The largest absolute Gasteiger partial charge is 0.383 e. The monoisotopic (exact) mass is 386 g/mol. The first-order valence-electron chi connectivity index (χ1n) is 10.3. The van der Waals surface area contributed by atoms with Crippen LogP contribution >= 0.6 is 0 Å². The molecule has 2 aliphatic rings. The second-order valence-corrected chi connectivity index (χ2v) is 7.92. The molecule has 1 aliphatic heterocycles. The van der Waals surface area contributed by atoms with Gasteiger partial charge in [-0.15, -0.1) is 0 Å². The number of pyridine rings is 1. The van der Waals surface area contributed by atoms with Crippen LogP contribution in [-0.2, 0) is 6.42 Å². The Morgan fingerprint density at radius 1 is 1.31 bits per heavy atom. The van der Waals surface area contributed by atoms with Crippen molar-refractivity contribution < 1.29 is 0 Å². The van der Waals surface area contributed by atoms with Crippen molar-refractivity contribution in [1.29, 1.82) is 0 Å². The maximum atomic E-state index is 6.32. The van der Waals surface area contributed by atoms with Crippen molar-refractivity contribution in [2.45, 2.75) is 38.6 Å². The van der Waals surface area contributed by atoms with E-state index in [1.54, 1.807) is 6.33 Å². The van der Waals surface area contributed by atoms with Crippen LogP contribution in [-0.4, -0.2) is 37.5 Å². The van der Waals surface area contributed by atoms with Crippen molar-refractivity contribution in [2.24, 2.45) is 0 Å². The molecule has 0 bridgehead atoms. The van der Waals surface area contributed by atoms with E-state index in [4.69, 9.17) is 10.7 Å². The van der Waals surface area contributed by atoms with E-state index in [0.717, 1.165) is 66.6 Å². The number of allylic oxidation sites excluding steroid dienone is 2. The summed E-state index contributed by atoms with van der Waals surface area (Å²) in [6.07, 6.45) is 14.2. The van der Waals surface area contributed by atoms with Gasteiger partial charge in [0.05, 0.1) is 11.4 Å². The molecular formula is C23H26N6. The second-order valence-electron chi connectivity index (χ2n) is 7.92. The normalized spacial score (nSPS) is 18.4. The number of hydrogen-bond acceptors (Lipinski definition) is 5. The summed E-state index contributed by atoms with van der Waals surface area (Å²) in [5.74, 6) is 0.518. The summed E-state index contributed by atoms with van der Waals surface area (Å²) in [7, 11) is 0. The van der Waals surface area contributed by atoms with Gasteiger partial charge in [-0.05, 0) is 37.3 Å². The van der Waals surface area contributed by atoms with Gasteiger partial charge in [-0.1, -0.05) is 25.7 Å². The lowest BCUT2D eigenvalue weighted by Crippen LogP contribution is -2.20. The van der Waals surface area contributed by atoms with Crippen LogP contribution in [0.3, 0.4) is 0 Å². The predicted octanol–water partition coefficient (Wildman–Crippen LogP) is 4.21. The van der Waals surface area contributed by atoms with Crippen molar-refractivity contribution in [3.8, 4) is 11.1 Å². The molecular weight excluding hydrogens is 360 g/mol. The lowest BCUT2D eigenvalue weighted by molar-refractivity contribution is 0.394. The van der Waals surface area contributed by atoms with Gasteiger partial charge in [0.2, 0.25) is 0 Å². The van der Waals surface area contributed by atoms with E-state index in [9.17, 15) is 0 Å². The molecule has 0 spiro atoms. The number of nitrogens with two attached hydrogens (primary N) is 1. The van der Waals surface area contributed by atoms with E-state index in [1.165, 1.54) is 11.3 Å². The molecule has 0 aromatic carbocycles. The quantitative estimate of drug-likeness (QED) is 0.727. The minimum absolute atomic E-state index is 0.342. The fraction of sp³-hybridized carbons (Fsp3) is 0.348. The topological polar surface area (TPSA) is 72.9 Å². The zero-order chi connectivity index (χ0) is 20.0. The summed E-state index contributed by atoms with van der Waals surface area (Å²) < 4.78 is 2.28. The second kappa shape index (κ2) is 7.03. The van der Waals surface area contributed by atoms with Crippen LogP contribution < -0.4 is 5.73 Å². The Labute approximate surface area is 170 Å². The number of fused-ring (bicyclic) bond motifs is 2. The first-order valence-corrected chi connectivity index (χ1v) is 10.3. The van der Waals surface area contributed by atoms with E-state index in [1.807, 2.05) is 6.20 Å². The van der Waals surface area contributed by atoms with Crippen LogP contribution in [0.2, 0.25) is 0 Å². The molecule has 0 saturated carbocycles. The van der Waals surface area contributed by atoms with Gasteiger partial charge < -0.3 is 15.2 Å². The van der Waals surface area contributed by atoms with Crippen molar-refractivity contribution in [2.75, 3.05) is 18.8 Å². The number of likely N-dealkylation sites (tertiary alicyclic amines) is 1. The van der Waals surface area contributed by atoms with Crippen molar-refractivity contribution in [3.63, 3.8) is 0 Å². The van der Waals surface area contributed by atoms with Crippen LogP contribution in [0.5, 0.6) is 0 Å². The third-order valence-electron chi connectivity index (χ3n) is 6.21. The molecule has 4 heterocycles. The Hall–Kier alpha value is -3.15. The molecule has 3 aromatic rings. The number of aromatic nitrogens is 4. The lowest BCUT2D eigenvalue weighted by Gasteiger charge is -2.20. The summed E-state index contributed by atoms with van der Waals surface area (Å²) in [6.45, 7) is 8.34. The standard InChI is InChI=1S/C23H26N6/c1-3-15(2)28-9-8-18(12-28)29-13-19(21-22(24)26-14-27-23(21)29)17-10-16-6-4-5-7-20(16)25-11-17/h4,6,10-11,13-14,18H,2-3,5,7-9,12H2,1H3,(H2,24,26,27). The molecule has 0 amide bonds. The predicted molar refractivity (Wildman–Crippen MR) is 117 cm³/mol. The molecule has 29 heavy (non-hydrogen) atoms. The van der Waals surface area contributed by atoms with Crippen LogP contribution in [0.25, 0.3) is 28.2 Å². The minimum Gasteiger partial charge on any atom is -0.383 e. The number of hydrogen-bond donors (Lipinski definition) is 1. The van der Waals surface area contributed by atoms with Gasteiger partial charge in [-0.3, -0.25) is 4.98 Å². The number of nitrogens with zero attached hydrogens (tertiary/aromatic N) is 5. The molecule has 5 rings (SSSR count). The van der Waals surface area contributed by atoms with Gasteiger partial charge in [-0.25, -0.2) is 9.97 Å². The van der Waals surface area contributed by atoms with Crippen LogP contribution in [0.1, 0.15) is 43.5 Å². The van der Waals surface area contributed by atoms with Crippen LogP contribution in [0.4, 0.5) is 5.82 Å². The Balaban J connectivity index is 1.61. The van der Waals surface area contributed by atoms with Gasteiger partial charge in [0.25, 0.3) is 0 Å². The molecule has 1 fully saturated rings. The third-order valence-corrected chi connectivity index (χ3v) is 6.21. The Morgan fingerprint density at radius 3 is 3.07 bits per heavy atom. The summed E-state index contributed by atoms with van der Waals surface area (Å²) in [6, 6.07) is 2.55. The van der Waals surface area contributed by atoms with Crippen molar-refractivity contribution >= 4 is 22.9 Å². The average molecular weight is 387 g/mol. The summed E-state index contributed by atoms with van der Waals surface area (Å²) in [5, 5.41) is 0.918. The van der Waals surface area contributed by atoms with Crippen molar-refractivity contribution in [3.05, 3.63) is 54.4 Å². The summed E-state index contributed by atoms with van der Waals surface area (Å²) in [4.78, 5) is 16.0. The smallest absolute Gasteiger partial charge is 0.146 e. The van der Waals surface area contributed by atoms with Gasteiger partial charge in [0, 0.05) is 48.0 Å². The fourth-order valence-corrected chi connectivity index (χ4v) is 4.53. The van der Waals surface area contributed by atoms with E-state index < -0.39 is 0 Å². The first-order chi connectivity index (χ1) is 14.2. The molecule has 1 atom stereocenters. The van der Waals surface area contributed by atoms with Crippen molar-refractivity contribution in [1.82, 2.24) is 24.4 Å². The van der Waals surface area contributed by atoms with E-state index in [0.29, 0.717) is 11.9 Å². The molecule has 2 N–H and O–H groups in total. The molecule has 1 saturated heterocycles.